The summed E-state index contributed by atoms with van der Waals surface area (Å²) in [5.41, 5.74) is 12.9. The first-order valence-corrected chi connectivity index (χ1v) is 6.74. The van der Waals surface area contributed by atoms with Gasteiger partial charge in [-0.25, -0.2) is 13.2 Å². The Morgan fingerprint density at radius 2 is 1.59 bits per heavy atom. The van der Waals surface area contributed by atoms with Gasteiger partial charge in [-0.3, -0.25) is 0 Å². The molecule has 0 fully saturated rings. The monoisotopic (exact) mass is 309 g/mol. The van der Waals surface area contributed by atoms with Crippen LogP contribution < -0.4 is 16.8 Å². The fourth-order valence-corrected chi connectivity index (χ4v) is 2.11. The highest BCUT2D eigenvalue weighted by molar-refractivity contribution is 5.70. The molecule has 0 unspecified atom stereocenters. The van der Waals surface area contributed by atoms with E-state index < -0.39 is 22.9 Å². The molecule has 5 N–H and O–H groups in total. The van der Waals surface area contributed by atoms with Crippen molar-refractivity contribution < 1.29 is 13.2 Å². The molecule has 0 heterocycles. The molecule has 0 spiro atoms. The third-order valence-corrected chi connectivity index (χ3v) is 3.56. The first-order valence-electron chi connectivity index (χ1n) is 6.74. The molecule has 3 nitrogen and oxygen atoms in total. The van der Waals surface area contributed by atoms with E-state index in [0.717, 1.165) is 12.1 Å². The highest BCUT2D eigenvalue weighted by atomic mass is 19.2. The summed E-state index contributed by atoms with van der Waals surface area (Å²) in [4.78, 5) is 0. The van der Waals surface area contributed by atoms with Crippen LogP contribution in [0, 0.1) is 17.5 Å². The zero-order valence-electron chi connectivity index (χ0n) is 12.4. The number of nitrogens with two attached hydrogens (primary N) is 2. The van der Waals surface area contributed by atoms with Crippen molar-refractivity contribution in [2.75, 3.05) is 23.3 Å². The Morgan fingerprint density at radius 1 is 1.00 bits per heavy atom. The third-order valence-electron chi connectivity index (χ3n) is 3.56. The number of rotatable bonds is 4. The summed E-state index contributed by atoms with van der Waals surface area (Å²) in [7, 11) is 0. The van der Waals surface area contributed by atoms with Crippen molar-refractivity contribution in [2.24, 2.45) is 0 Å². The number of halogens is 3. The summed E-state index contributed by atoms with van der Waals surface area (Å²) in [6.07, 6.45) is 0. The first-order chi connectivity index (χ1) is 10.2. The van der Waals surface area contributed by atoms with E-state index in [2.05, 4.69) is 5.32 Å². The minimum atomic E-state index is -1.46. The molecule has 0 saturated carbocycles. The van der Waals surface area contributed by atoms with Gasteiger partial charge in [0, 0.05) is 17.6 Å². The largest absolute Gasteiger partial charge is 0.399 e. The molecule has 0 aliphatic heterocycles. The molecule has 0 amide bonds. The number of nitrogens with one attached hydrogen (secondary N) is 1. The minimum Gasteiger partial charge on any atom is -0.399 e. The van der Waals surface area contributed by atoms with Gasteiger partial charge in [-0.05, 0) is 35.9 Å². The van der Waals surface area contributed by atoms with Gasteiger partial charge < -0.3 is 16.8 Å². The van der Waals surface area contributed by atoms with E-state index >= 15 is 0 Å². The van der Waals surface area contributed by atoms with Gasteiger partial charge in [0.25, 0.3) is 0 Å². The van der Waals surface area contributed by atoms with Crippen LogP contribution in [0.1, 0.15) is 19.4 Å². The highest BCUT2D eigenvalue weighted by Gasteiger charge is 2.24. The normalized spacial score (nSPS) is 11.5. The van der Waals surface area contributed by atoms with Gasteiger partial charge in [-0.2, -0.15) is 0 Å². The summed E-state index contributed by atoms with van der Waals surface area (Å²) in [6.45, 7) is 3.94. The molecule has 22 heavy (non-hydrogen) atoms. The molecular weight excluding hydrogens is 291 g/mol. The number of hydrogen-bond acceptors (Lipinski definition) is 3. The Bertz CT molecular complexity index is 676. The molecule has 2 rings (SSSR count). The van der Waals surface area contributed by atoms with Gasteiger partial charge in [0.2, 0.25) is 0 Å². The molecule has 2 aromatic carbocycles. The van der Waals surface area contributed by atoms with E-state index in [9.17, 15) is 13.2 Å². The van der Waals surface area contributed by atoms with E-state index in [0.29, 0.717) is 29.2 Å². The summed E-state index contributed by atoms with van der Waals surface area (Å²) < 4.78 is 39.8. The summed E-state index contributed by atoms with van der Waals surface area (Å²) in [5, 5.41) is 3.11. The van der Waals surface area contributed by atoms with E-state index in [1.807, 2.05) is 0 Å². The Kier molecular flexibility index (Phi) is 4.21. The van der Waals surface area contributed by atoms with Crippen molar-refractivity contribution in [3.8, 4) is 0 Å². The fraction of sp³-hybridized carbons (Fsp3) is 0.250. The van der Waals surface area contributed by atoms with E-state index in [-0.39, 0.29) is 0 Å². The van der Waals surface area contributed by atoms with Crippen molar-refractivity contribution in [1.29, 1.82) is 0 Å². The Balaban J connectivity index is 2.20. The third kappa shape index (κ3) is 3.27. The molecule has 2 aromatic rings. The topological polar surface area (TPSA) is 64.1 Å². The molecule has 0 atom stereocenters. The number of anilines is 3. The molecular formula is C16H18F3N3. The van der Waals surface area contributed by atoms with Crippen LogP contribution in [-0.4, -0.2) is 6.54 Å². The predicted molar refractivity (Wildman–Crippen MR) is 83.1 cm³/mol. The first kappa shape index (κ1) is 16.0. The Labute approximate surface area is 127 Å². The minimum absolute atomic E-state index is 0.352. The van der Waals surface area contributed by atoms with Gasteiger partial charge in [-0.15, -0.1) is 0 Å². The Hall–Kier alpha value is -2.37. The lowest BCUT2D eigenvalue weighted by Crippen LogP contribution is -2.28. The number of nitrogen functional groups attached to an aromatic ring is 2. The molecule has 0 bridgehead atoms. The maximum atomic E-state index is 13.4. The van der Waals surface area contributed by atoms with Crippen molar-refractivity contribution in [1.82, 2.24) is 0 Å². The van der Waals surface area contributed by atoms with Crippen LogP contribution in [0.4, 0.5) is 30.2 Å². The maximum Gasteiger partial charge on any atom is 0.194 e. The van der Waals surface area contributed by atoms with Crippen LogP contribution in [-0.2, 0) is 5.41 Å². The second-order valence-electron chi connectivity index (χ2n) is 5.84. The van der Waals surface area contributed by atoms with Gasteiger partial charge in [-0.1, -0.05) is 13.8 Å². The van der Waals surface area contributed by atoms with Gasteiger partial charge in [0.15, 0.2) is 17.5 Å². The van der Waals surface area contributed by atoms with Crippen LogP contribution >= 0.6 is 0 Å². The van der Waals surface area contributed by atoms with Crippen molar-refractivity contribution in [3.63, 3.8) is 0 Å². The molecule has 0 aliphatic carbocycles. The van der Waals surface area contributed by atoms with E-state index in [1.165, 1.54) is 0 Å². The van der Waals surface area contributed by atoms with Crippen LogP contribution in [0.15, 0.2) is 30.3 Å². The summed E-state index contributed by atoms with van der Waals surface area (Å²) in [5.74, 6) is -3.86. The molecule has 0 aliphatic rings. The average molecular weight is 309 g/mol. The molecule has 0 radical (unpaired) electrons. The lowest BCUT2D eigenvalue weighted by Gasteiger charge is -2.27. The number of benzene rings is 2. The molecule has 118 valence electrons. The van der Waals surface area contributed by atoms with Crippen LogP contribution in [0.5, 0.6) is 0 Å². The predicted octanol–water partition coefficient (Wildman–Crippen LogP) is 3.66. The summed E-state index contributed by atoms with van der Waals surface area (Å²) in [6, 6.07) is 7.06. The standard InChI is InChI=1S/C16H18F3N3/c1-16(2,9-5-11(17)15(19)12(18)6-9)8-22-14-4-3-10(20)7-13(14)21/h3-7,22H,8,20-21H2,1-2H3. The van der Waals surface area contributed by atoms with Gasteiger partial charge in [0.05, 0.1) is 11.4 Å². The molecule has 0 saturated heterocycles. The second-order valence-corrected chi connectivity index (χ2v) is 5.84. The SMILES string of the molecule is CC(C)(CNc1ccc(N)cc1N)c1cc(F)c(F)c(F)c1. The zero-order valence-corrected chi connectivity index (χ0v) is 12.4. The van der Waals surface area contributed by atoms with Gasteiger partial charge in [0.1, 0.15) is 0 Å². The van der Waals surface area contributed by atoms with E-state index in [1.54, 1.807) is 32.0 Å². The zero-order chi connectivity index (χ0) is 16.5. The molecule has 0 aromatic heterocycles. The molecule has 6 heteroatoms. The van der Waals surface area contributed by atoms with Crippen LogP contribution in [0.2, 0.25) is 0 Å². The Morgan fingerprint density at radius 3 is 2.14 bits per heavy atom. The number of hydrogen-bond donors (Lipinski definition) is 3. The van der Waals surface area contributed by atoms with E-state index in [4.69, 9.17) is 11.5 Å². The lowest BCUT2D eigenvalue weighted by atomic mass is 9.84. The second kappa shape index (κ2) is 5.79. The highest BCUT2D eigenvalue weighted by Crippen LogP contribution is 2.28. The van der Waals surface area contributed by atoms with Crippen molar-refractivity contribution >= 4 is 17.1 Å². The fourth-order valence-electron chi connectivity index (χ4n) is 2.11. The quantitative estimate of drug-likeness (QED) is 0.596. The summed E-state index contributed by atoms with van der Waals surface area (Å²) >= 11 is 0. The maximum absolute atomic E-state index is 13.4. The van der Waals surface area contributed by atoms with Crippen molar-refractivity contribution in [2.45, 2.75) is 19.3 Å². The smallest absolute Gasteiger partial charge is 0.194 e. The van der Waals surface area contributed by atoms with Gasteiger partial charge >= 0.3 is 0 Å². The average Bonchev–Trinajstić information content (AvgIpc) is 2.43. The van der Waals surface area contributed by atoms with Crippen LogP contribution in [0.3, 0.4) is 0 Å². The van der Waals surface area contributed by atoms with Crippen LogP contribution in [0.25, 0.3) is 0 Å². The lowest BCUT2D eigenvalue weighted by molar-refractivity contribution is 0.437. The van der Waals surface area contributed by atoms with Crippen molar-refractivity contribution in [3.05, 3.63) is 53.3 Å².